The number of carbonyl (C=O) groups excluding carboxylic acids is 1. The normalized spacial score (nSPS) is 12.1. The molecule has 0 aliphatic carbocycles. The summed E-state index contributed by atoms with van der Waals surface area (Å²) >= 11 is 0. The number of aromatic nitrogens is 1. The highest BCUT2D eigenvalue weighted by Gasteiger charge is 2.13. The Kier molecular flexibility index (Phi) is 4.90. The molecule has 106 valence electrons. The second-order valence-electron chi connectivity index (χ2n) is 4.68. The van der Waals surface area contributed by atoms with Gasteiger partial charge in [-0.3, -0.25) is 4.79 Å². The predicted molar refractivity (Wildman–Crippen MR) is 78.1 cm³/mol. The van der Waals surface area contributed by atoms with Gasteiger partial charge in [0.15, 0.2) is 12.2 Å². The van der Waals surface area contributed by atoms with Gasteiger partial charge in [-0.05, 0) is 18.6 Å². The molecule has 0 fully saturated rings. The van der Waals surface area contributed by atoms with E-state index in [9.17, 15) is 4.79 Å². The minimum Gasteiger partial charge on any atom is -0.444 e. The van der Waals surface area contributed by atoms with Gasteiger partial charge in [0.25, 0.3) is 0 Å². The second-order valence-corrected chi connectivity index (χ2v) is 4.68. The minimum absolute atomic E-state index is 0.159. The maximum absolute atomic E-state index is 11.9. The third-order valence-electron chi connectivity index (χ3n) is 3.05. The van der Waals surface area contributed by atoms with Crippen LogP contribution in [0.2, 0.25) is 0 Å². The fourth-order valence-corrected chi connectivity index (χ4v) is 1.90. The highest BCUT2D eigenvalue weighted by Crippen LogP contribution is 2.22. The molecule has 1 heterocycles. The number of carbonyl (C=O) groups is 1. The van der Waals surface area contributed by atoms with E-state index >= 15 is 0 Å². The molecule has 1 atom stereocenters. The van der Waals surface area contributed by atoms with Gasteiger partial charge in [0.1, 0.15) is 0 Å². The summed E-state index contributed by atoms with van der Waals surface area (Å²) in [6.45, 7) is 2.07. The van der Waals surface area contributed by atoms with Gasteiger partial charge in [0, 0.05) is 11.3 Å². The lowest BCUT2D eigenvalue weighted by atomic mass is 10.1. The van der Waals surface area contributed by atoms with Crippen LogP contribution in [0.5, 0.6) is 0 Å². The lowest BCUT2D eigenvalue weighted by Crippen LogP contribution is -2.35. The van der Waals surface area contributed by atoms with Crippen LogP contribution in [0.3, 0.4) is 0 Å². The molecule has 5 heteroatoms. The van der Waals surface area contributed by atoms with Crippen molar-refractivity contribution in [2.45, 2.75) is 32.2 Å². The van der Waals surface area contributed by atoms with Crippen LogP contribution in [-0.2, 0) is 4.79 Å². The number of anilines is 1. The van der Waals surface area contributed by atoms with Gasteiger partial charge in [-0.2, -0.15) is 0 Å². The summed E-state index contributed by atoms with van der Waals surface area (Å²) in [5.41, 5.74) is 7.41. The number of nitrogens with two attached hydrogens (primary N) is 1. The lowest BCUT2D eigenvalue weighted by molar-refractivity contribution is -0.117. The molecule has 0 saturated heterocycles. The van der Waals surface area contributed by atoms with Crippen molar-refractivity contribution in [1.29, 1.82) is 0 Å². The van der Waals surface area contributed by atoms with Crippen molar-refractivity contribution in [3.05, 3.63) is 36.9 Å². The average molecular weight is 273 g/mol. The largest absolute Gasteiger partial charge is 0.444 e. The van der Waals surface area contributed by atoms with Crippen molar-refractivity contribution in [2.75, 3.05) is 5.32 Å². The van der Waals surface area contributed by atoms with Crippen LogP contribution < -0.4 is 11.1 Å². The van der Waals surface area contributed by atoms with Crippen molar-refractivity contribution < 1.29 is 9.21 Å². The van der Waals surface area contributed by atoms with Gasteiger partial charge < -0.3 is 15.5 Å². The molecule has 2 rings (SSSR count). The Hall–Kier alpha value is -2.14. The highest BCUT2D eigenvalue weighted by atomic mass is 16.3. The molecule has 0 radical (unpaired) electrons. The van der Waals surface area contributed by atoms with E-state index in [4.69, 9.17) is 10.2 Å². The van der Waals surface area contributed by atoms with Crippen LogP contribution in [0.15, 0.2) is 41.3 Å². The number of oxazole rings is 1. The van der Waals surface area contributed by atoms with Crippen LogP contribution >= 0.6 is 0 Å². The van der Waals surface area contributed by atoms with E-state index in [2.05, 4.69) is 17.2 Å². The number of hydrogen-bond donors (Lipinski definition) is 2. The molecule has 1 amide bonds. The maximum Gasteiger partial charge on any atom is 0.241 e. The Balaban J connectivity index is 2.03. The van der Waals surface area contributed by atoms with Crippen molar-refractivity contribution in [3.8, 4) is 11.3 Å². The average Bonchev–Trinajstić information content (AvgIpc) is 2.99. The topological polar surface area (TPSA) is 81.2 Å². The number of rotatable bonds is 6. The van der Waals surface area contributed by atoms with Gasteiger partial charge in [-0.25, -0.2) is 4.98 Å². The molecule has 1 aromatic carbocycles. The summed E-state index contributed by atoms with van der Waals surface area (Å²) in [6.07, 6.45) is 5.69. The number of hydrogen-bond acceptors (Lipinski definition) is 4. The molecule has 0 bridgehead atoms. The molecule has 0 unspecified atom stereocenters. The maximum atomic E-state index is 11.9. The summed E-state index contributed by atoms with van der Waals surface area (Å²) in [6, 6.07) is 6.94. The van der Waals surface area contributed by atoms with Gasteiger partial charge in [0.2, 0.25) is 5.91 Å². The molecule has 5 nitrogen and oxygen atoms in total. The Bertz CT molecular complexity index is 552. The second kappa shape index (κ2) is 6.86. The van der Waals surface area contributed by atoms with E-state index in [1.165, 1.54) is 6.39 Å². The smallest absolute Gasteiger partial charge is 0.241 e. The summed E-state index contributed by atoms with van der Waals surface area (Å²) in [5, 5.41) is 2.83. The van der Waals surface area contributed by atoms with Crippen molar-refractivity contribution >= 4 is 11.6 Å². The molecule has 20 heavy (non-hydrogen) atoms. The number of nitrogens with one attached hydrogen (secondary N) is 1. The number of benzene rings is 1. The predicted octanol–water partition coefficient (Wildman–Crippen LogP) is 2.80. The fraction of sp³-hybridized carbons (Fsp3) is 0.333. The quantitative estimate of drug-likeness (QED) is 0.848. The zero-order valence-corrected chi connectivity index (χ0v) is 11.5. The molecule has 0 aliphatic rings. The van der Waals surface area contributed by atoms with Crippen LogP contribution in [-0.4, -0.2) is 16.9 Å². The van der Waals surface area contributed by atoms with Gasteiger partial charge in [-0.15, -0.1) is 0 Å². The van der Waals surface area contributed by atoms with Gasteiger partial charge in [-0.1, -0.05) is 31.9 Å². The Morgan fingerprint density at radius 2 is 2.35 bits per heavy atom. The first-order valence-electron chi connectivity index (χ1n) is 6.76. The fourth-order valence-electron chi connectivity index (χ4n) is 1.90. The van der Waals surface area contributed by atoms with Crippen LogP contribution in [0.25, 0.3) is 11.3 Å². The molecular weight excluding hydrogens is 254 g/mol. The van der Waals surface area contributed by atoms with Gasteiger partial charge >= 0.3 is 0 Å². The summed E-state index contributed by atoms with van der Waals surface area (Å²) < 4.78 is 5.23. The first-order chi connectivity index (χ1) is 9.70. The van der Waals surface area contributed by atoms with Crippen molar-refractivity contribution in [1.82, 2.24) is 4.98 Å². The Morgan fingerprint density at radius 3 is 3.05 bits per heavy atom. The van der Waals surface area contributed by atoms with Crippen molar-refractivity contribution in [3.63, 3.8) is 0 Å². The van der Waals surface area contributed by atoms with E-state index in [0.717, 1.165) is 18.4 Å². The van der Waals surface area contributed by atoms with Gasteiger partial charge in [0.05, 0.1) is 12.2 Å². The van der Waals surface area contributed by atoms with E-state index in [-0.39, 0.29) is 5.91 Å². The van der Waals surface area contributed by atoms with Crippen molar-refractivity contribution in [2.24, 2.45) is 5.73 Å². The lowest BCUT2D eigenvalue weighted by Gasteiger charge is -2.12. The van der Waals surface area contributed by atoms with E-state index in [0.29, 0.717) is 17.9 Å². The Morgan fingerprint density at radius 1 is 1.50 bits per heavy atom. The molecule has 0 spiro atoms. The summed E-state index contributed by atoms with van der Waals surface area (Å²) in [5.74, 6) is 0.504. The number of nitrogens with zero attached hydrogens (tertiary/aromatic N) is 1. The summed E-state index contributed by atoms with van der Waals surface area (Å²) in [7, 11) is 0. The molecule has 0 aliphatic heterocycles. The van der Waals surface area contributed by atoms with Crippen LogP contribution in [0, 0.1) is 0 Å². The molecule has 0 saturated carbocycles. The molecule has 1 aromatic heterocycles. The van der Waals surface area contributed by atoms with E-state index < -0.39 is 6.04 Å². The monoisotopic (exact) mass is 273 g/mol. The third-order valence-corrected chi connectivity index (χ3v) is 3.05. The van der Waals surface area contributed by atoms with E-state index in [1.807, 2.05) is 24.3 Å². The standard InChI is InChI=1S/C15H19N3O2/c1-2-3-7-13(16)15(19)18-12-6-4-5-11(8-12)14-9-17-10-20-14/h4-6,8-10,13H,2-3,7,16H2,1H3,(H,18,19)/t13-/m0/s1. The Labute approximate surface area is 118 Å². The zero-order chi connectivity index (χ0) is 14.4. The van der Waals surface area contributed by atoms with E-state index in [1.54, 1.807) is 6.20 Å². The first kappa shape index (κ1) is 14.3. The molecular formula is C15H19N3O2. The molecule has 2 aromatic rings. The SMILES string of the molecule is CCCC[C@H](N)C(=O)Nc1cccc(-c2cnco2)c1. The number of amides is 1. The number of unbranched alkanes of at least 4 members (excludes halogenated alkanes) is 1. The minimum atomic E-state index is -0.469. The zero-order valence-electron chi connectivity index (χ0n) is 11.5. The highest BCUT2D eigenvalue weighted by molar-refractivity contribution is 5.95. The summed E-state index contributed by atoms with van der Waals surface area (Å²) in [4.78, 5) is 15.8. The first-order valence-corrected chi connectivity index (χ1v) is 6.76. The third kappa shape index (κ3) is 3.68. The van der Waals surface area contributed by atoms with Crippen LogP contribution in [0.4, 0.5) is 5.69 Å². The molecule has 3 N–H and O–H groups in total. The van der Waals surface area contributed by atoms with Crippen LogP contribution in [0.1, 0.15) is 26.2 Å².